The quantitative estimate of drug-likeness (QED) is 0.479. The Balaban J connectivity index is 1.33. The summed E-state index contributed by atoms with van der Waals surface area (Å²) in [7, 11) is 0. The molecule has 8 nitrogen and oxygen atoms in total. The molecule has 12 heteroatoms. The first-order chi connectivity index (χ1) is 15.5. The molecule has 1 spiro atoms. The number of nitrogens with zero attached hydrogens (tertiary/aromatic N) is 6. The maximum absolute atomic E-state index is 15.0. The summed E-state index contributed by atoms with van der Waals surface area (Å²) in [5, 5.41) is 11.4. The minimum atomic E-state index is -3.42. The first kappa shape index (κ1) is 19.9. The van der Waals surface area contributed by atoms with E-state index in [-0.39, 0.29) is 22.8 Å². The van der Waals surface area contributed by atoms with Crippen molar-refractivity contribution in [3.05, 3.63) is 58.5 Å². The van der Waals surface area contributed by atoms with Crippen molar-refractivity contribution < 1.29 is 13.2 Å². The maximum Gasteiger partial charge on any atom is 0.349 e. The number of benzene rings is 1. The van der Waals surface area contributed by atoms with Gasteiger partial charge < -0.3 is 14.6 Å². The van der Waals surface area contributed by atoms with E-state index in [2.05, 4.69) is 35.4 Å². The van der Waals surface area contributed by atoms with E-state index >= 15 is 8.78 Å². The van der Waals surface area contributed by atoms with E-state index in [0.29, 0.717) is 23.8 Å². The van der Waals surface area contributed by atoms with E-state index in [1.807, 2.05) is 0 Å². The highest BCUT2D eigenvalue weighted by Crippen LogP contribution is 2.48. The fourth-order valence-electron chi connectivity index (χ4n) is 4.47. The lowest BCUT2D eigenvalue weighted by molar-refractivity contribution is 0.0106. The van der Waals surface area contributed by atoms with Crippen LogP contribution < -0.4 is 10.2 Å². The summed E-state index contributed by atoms with van der Waals surface area (Å²) in [4.78, 5) is 15.1. The molecule has 0 aliphatic carbocycles. The molecule has 5 heterocycles. The van der Waals surface area contributed by atoms with Gasteiger partial charge in [0.1, 0.15) is 11.0 Å². The molecule has 0 radical (unpaired) electrons. The molecule has 1 N–H and O–H groups in total. The number of hydrogen-bond donors (Lipinski definition) is 1. The lowest BCUT2D eigenvalue weighted by Crippen LogP contribution is -2.57. The van der Waals surface area contributed by atoms with Crippen LogP contribution in [0.5, 0.6) is 0 Å². The standard InChI is InChI=1S/C20H16ClF2N7OS/c21-12-3-1-11(2-4-12)20(22,23)18-29-28-17(31-18)13-5-30(8-19(13)6-24-7-19)16-14-15(25-9-26-16)27-10-32-14/h1-4,9-10,13,24H,5-8H2. The summed E-state index contributed by atoms with van der Waals surface area (Å²) in [6.45, 7) is 2.69. The molecular formula is C20H16ClF2N7OS. The molecule has 164 valence electrons. The molecule has 0 bridgehead atoms. The van der Waals surface area contributed by atoms with Crippen LogP contribution in [0.3, 0.4) is 0 Å². The van der Waals surface area contributed by atoms with Crippen LogP contribution in [-0.2, 0) is 5.92 Å². The third kappa shape index (κ3) is 2.99. The monoisotopic (exact) mass is 475 g/mol. The SMILES string of the molecule is FC(F)(c1ccc(Cl)cc1)c1nnc(C2CN(c3ncnc4ncsc34)CC23CNC3)o1. The number of anilines is 1. The van der Waals surface area contributed by atoms with Crippen molar-refractivity contribution in [3.63, 3.8) is 0 Å². The first-order valence-corrected chi connectivity index (χ1v) is 11.2. The highest BCUT2D eigenvalue weighted by atomic mass is 35.5. The molecule has 2 fully saturated rings. The van der Waals surface area contributed by atoms with Crippen LogP contribution in [-0.4, -0.2) is 51.3 Å². The molecule has 3 aromatic heterocycles. The zero-order chi connectivity index (χ0) is 21.9. The number of alkyl halides is 2. The number of nitrogens with one attached hydrogen (secondary N) is 1. The summed E-state index contributed by atoms with van der Waals surface area (Å²) >= 11 is 7.30. The van der Waals surface area contributed by atoms with Gasteiger partial charge in [-0.05, 0) is 12.1 Å². The van der Waals surface area contributed by atoms with E-state index in [1.54, 1.807) is 5.51 Å². The van der Waals surface area contributed by atoms with Gasteiger partial charge in [-0.15, -0.1) is 21.5 Å². The second-order valence-electron chi connectivity index (χ2n) is 8.13. The Hall–Kier alpha value is -2.76. The van der Waals surface area contributed by atoms with E-state index in [0.717, 1.165) is 23.6 Å². The van der Waals surface area contributed by atoms with E-state index < -0.39 is 11.8 Å². The summed E-state index contributed by atoms with van der Waals surface area (Å²) in [6, 6.07) is 5.34. The predicted molar refractivity (Wildman–Crippen MR) is 114 cm³/mol. The summed E-state index contributed by atoms with van der Waals surface area (Å²) < 4.78 is 36.5. The second-order valence-corrected chi connectivity index (χ2v) is 9.42. The molecule has 1 aromatic carbocycles. The number of aromatic nitrogens is 5. The van der Waals surface area contributed by atoms with Crippen molar-refractivity contribution in [1.82, 2.24) is 30.5 Å². The van der Waals surface area contributed by atoms with Gasteiger partial charge in [-0.3, -0.25) is 0 Å². The fraction of sp³-hybridized carbons (Fsp3) is 0.350. The molecule has 2 aliphatic rings. The van der Waals surface area contributed by atoms with Gasteiger partial charge in [0.25, 0.3) is 5.89 Å². The smallest absolute Gasteiger partial charge is 0.349 e. The summed E-state index contributed by atoms with van der Waals surface area (Å²) in [5.41, 5.74) is 1.94. The molecule has 1 atom stereocenters. The second kappa shape index (κ2) is 7.12. The van der Waals surface area contributed by atoms with Crippen molar-refractivity contribution in [2.75, 3.05) is 31.1 Å². The zero-order valence-electron chi connectivity index (χ0n) is 16.5. The number of hydrogen-bond acceptors (Lipinski definition) is 9. The minimum absolute atomic E-state index is 0.193. The highest BCUT2D eigenvalue weighted by molar-refractivity contribution is 7.17. The normalized spacial score (nSPS) is 20.2. The van der Waals surface area contributed by atoms with Gasteiger partial charge in [-0.25, -0.2) is 15.0 Å². The number of rotatable bonds is 4. The van der Waals surface area contributed by atoms with Gasteiger partial charge in [-0.2, -0.15) is 8.78 Å². The van der Waals surface area contributed by atoms with Gasteiger partial charge in [0.05, 0.1) is 11.4 Å². The van der Waals surface area contributed by atoms with E-state index in [4.69, 9.17) is 16.0 Å². The zero-order valence-corrected chi connectivity index (χ0v) is 18.1. The number of thiazole rings is 1. The Labute approximate surface area is 189 Å². The van der Waals surface area contributed by atoms with Crippen molar-refractivity contribution in [2.45, 2.75) is 11.8 Å². The molecule has 1 unspecified atom stereocenters. The molecule has 2 saturated heterocycles. The van der Waals surface area contributed by atoms with Crippen molar-refractivity contribution in [3.8, 4) is 0 Å². The molecule has 2 aliphatic heterocycles. The van der Waals surface area contributed by atoms with Gasteiger partial charge in [0, 0.05) is 42.2 Å². The van der Waals surface area contributed by atoms with Crippen LogP contribution in [0.25, 0.3) is 10.3 Å². The Bertz CT molecular complexity index is 1290. The Kier molecular flexibility index (Phi) is 4.43. The fourth-order valence-corrected chi connectivity index (χ4v) is 5.35. The highest BCUT2D eigenvalue weighted by Gasteiger charge is 2.54. The third-order valence-electron chi connectivity index (χ3n) is 6.23. The Morgan fingerprint density at radius 2 is 1.97 bits per heavy atom. The summed E-state index contributed by atoms with van der Waals surface area (Å²) in [6.07, 6.45) is 1.49. The molecular weight excluding hydrogens is 460 g/mol. The first-order valence-electron chi connectivity index (χ1n) is 9.94. The lowest BCUT2D eigenvalue weighted by Gasteiger charge is -2.42. The average molecular weight is 476 g/mol. The summed E-state index contributed by atoms with van der Waals surface area (Å²) in [5.74, 6) is -3.34. The van der Waals surface area contributed by atoms with Crippen LogP contribution in [0.15, 0.2) is 40.5 Å². The number of halogens is 3. The maximum atomic E-state index is 15.0. The van der Waals surface area contributed by atoms with Crippen LogP contribution in [0.2, 0.25) is 5.02 Å². The topological polar surface area (TPSA) is 92.9 Å². The Morgan fingerprint density at radius 3 is 2.72 bits per heavy atom. The molecule has 6 rings (SSSR count). The molecule has 32 heavy (non-hydrogen) atoms. The predicted octanol–water partition coefficient (Wildman–Crippen LogP) is 3.46. The number of fused-ring (bicyclic) bond motifs is 1. The van der Waals surface area contributed by atoms with Crippen LogP contribution in [0.1, 0.15) is 23.3 Å². The average Bonchev–Trinajstić information content (AvgIpc) is 3.50. The van der Waals surface area contributed by atoms with E-state index in [9.17, 15) is 0 Å². The molecule has 0 amide bonds. The van der Waals surface area contributed by atoms with Gasteiger partial charge in [0.15, 0.2) is 11.5 Å². The van der Waals surface area contributed by atoms with Crippen molar-refractivity contribution in [1.29, 1.82) is 0 Å². The lowest BCUT2D eigenvalue weighted by atomic mass is 9.73. The van der Waals surface area contributed by atoms with Gasteiger partial charge >= 0.3 is 5.92 Å². The molecule has 0 saturated carbocycles. The van der Waals surface area contributed by atoms with Crippen LogP contribution in [0.4, 0.5) is 14.6 Å². The Morgan fingerprint density at radius 1 is 1.16 bits per heavy atom. The van der Waals surface area contributed by atoms with Crippen molar-refractivity contribution >= 4 is 39.1 Å². The van der Waals surface area contributed by atoms with Crippen molar-refractivity contribution in [2.24, 2.45) is 5.41 Å². The largest absolute Gasteiger partial charge is 0.419 e. The van der Waals surface area contributed by atoms with Gasteiger partial charge in [-0.1, -0.05) is 23.7 Å². The molecule has 4 aromatic rings. The van der Waals surface area contributed by atoms with Crippen LogP contribution in [0, 0.1) is 5.41 Å². The minimum Gasteiger partial charge on any atom is -0.419 e. The van der Waals surface area contributed by atoms with Gasteiger partial charge in [0.2, 0.25) is 5.89 Å². The van der Waals surface area contributed by atoms with E-state index in [1.165, 1.54) is 41.9 Å². The third-order valence-corrected chi connectivity index (χ3v) is 7.29. The van der Waals surface area contributed by atoms with Crippen LogP contribution >= 0.6 is 22.9 Å².